The van der Waals surface area contributed by atoms with Crippen molar-refractivity contribution in [1.29, 1.82) is 0 Å². The molecule has 0 spiro atoms. The number of hydrogen-bond donors (Lipinski definition) is 4. The van der Waals surface area contributed by atoms with Gasteiger partial charge in [0.05, 0.1) is 0 Å². The Labute approximate surface area is 124 Å². The van der Waals surface area contributed by atoms with Crippen LogP contribution in [0.4, 0.5) is 10.5 Å². The van der Waals surface area contributed by atoms with Crippen LogP contribution in [0.15, 0.2) is 24.3 Å². The molecule has 0 aromatic heterocycles. The highest BCUT2D eigenvalue weighted by Gasteiger charge is 2.20. The summed E-state index contributed by atoms with van der Waals surface area (Å²) < 4.78 is 0. The molecule has 0 heterocycles. The lowest BCUT2D eigenvalue weighted by Gasteiger charge is -2.17. The minimum absolute atomic E-state index is 0.186. The number of nitrogens with one attached hydrogen (secondary N) is 3. The summed E-state index contributed by atoms with van der Waals surface area (Å²) in [7, 11) is 1.84. The maximum Gasteiger partial charge on any atom is 0.326 e. The van der Waals surface area contributed by atoms with Crippen molar-refractivity contribution in [1.82, 2.24) is 10.6 Å². The number of carboxylic acids is 1. The molecule has 1 aromatic carbocycles. The zero-order valence-electron chi connectivity index (χ0n) is 12.6. The van der Waals surface area contributed by atoms with E-state index in [2.05, 4.69) is 16.0 Å². The Hall–Kier alpha value is -2.08. The molecule has 0 aliphatic rings. The molecule has 0 aliphatic carbocycles. The van der Waals surface area contributed by atoms with Gasteiger partial charge in [-0.05, 0) is 37.1 Å². The van der Waals surface area contributed by atoms with Gasteiger partial charge >= 0.3 is 12.0 Å². The van der Waals surface area contributed by atoms with Gasteiger partial charge in [-0.25, -0.2) is 9.59 Å². The average molecular weight is 293 g/mol. The van der Waals surface area contributed by atoms with Gasteiger partial charge in [-0.2, -0.15) is 0 Å². The molecule has 0 aliphatic heterocycles. The molecule has 1 aromatic rings. The van der Waals surface area contributed by atoms with Crippen molar-refractivity contribution in [3.05, 3.63) is 29.8 Å². The zero-order valence-corrected chi connectivity index (χ0v) is 12.6. The van der Waals surface area contributed by atoms with Crippen LogP contribution < -0.4 is 16.0 Å². The molecule has 0 saturated carbocycles. The second-order valence-electron chi connectivity index (χ2n) is 5.35. The number of carbonyl (C=O) groups is 2. The van der Waals surface area contributed by atoms with Crippen LogP contribution in [0.1, 0.15) is 25.8 Å². The summed E-state index contributed by atoms with van der Waals surface area (Å²) in [5, 5.41) is 17.3. The number of benzene rings is 1. The summed E-state index contributed by atoms with van der Waals surface area (Å²) in [4.78, 5) is 23.0. The topological polar surface area (TPSA) is 90.5 Å². The fourth-order valence-corrected chi connectivity index (χ4v) is 1.98. The van der Waals surface area contributed by atoms with E-state index in [1.807, 2.05) is 39.1 Å². The van der Waals surface area contributed by atoms with E-state index in [1.54, 1.807) is 6.07 Å². The van der Waals surface area contributed by atoms with Gasteiger partial charge in [-0.3, -0.25) is 0 Å². The van der Waals surface area contributed by atoms with Gasteiger partial charge in [-0.15, -0.1) is 0 Å². The summed E-state index contributed by atoms with van der Waals surface area (Å²) in [6.07, 6.45) is 0.391. The molecule has 0 fully saturated rings. The van der Waals surface area contributed by atoms with Gasteiger partial charge < -0.3 is 21.1 Å². The van der Waals surface area contributed by atoms with E-state index in [4.69, 9.17) is 5.11 Å². The Morgan fingerprint density at radius 2 is 2.00 bits per heavy atom. The summed E-state index contributed by atoms with van der Waals surface area (Å²) >= 11 is 0. The molecule has 21 heavy (non-hydrogen) atoms. The SMILES string of the molecule is CNCc1cccc(NC(=O)N[C@H](CC(C)C)C(=O)O)c1. The molecule has 0 unspecified atom stereocenters. The zero-order chi connectivity index (χ0) is 15.8. The predicted octanol–water partition coefficient (Wildman–Crippen LogP) is 2.03. The third-order valence-electron chi connectivity index (χ3n) is 2.88. The van der Waals surface area contributed by atoms with Crippen LogP contribution in [-0.4, -0.2) is 30.2 Å². The van der Waals surface area contributed by atoms with Crippen molar-refractivity contribution in [2.24, 2.45) is 5.92 Å². The number of amides is 2. The number of urea groups is 1. The van der Waals surface area contributed by atoms with Gasteiger partial charge in [-0.1, -0.05) is 26.0 Å². The van der Waals surface area contributed by atoms with Crippen molar-refractivity contribution in [2.45, 2.75) is 32.9 Å². The van der Waals surface area contributed by atoms with Crippen LogP contribution in [0.2, 0.25) is 0 Å². The van der Waals surface area contributed by atoms with Crippen molar-refractivity contribution < 1.29 is 14.7 Å². The van der Waals surface area contributed by atoms with Crippen molar-refractivity contribution in [3.63, 3.8) is 0 Å². The fraction of sp³-hybridized carbons (Fsp3) is 0.467. The standard InChI is InChI=1S/C15H23N3O3/c1-10(2)7-13(14(19)20)18-15(21)17-12-6-4-5-11(8-12)9-16-3/h4-6,8,10,13,16H,7,9H2,1-3H3,(H,19,20)(H2,17,18,21)/t13-/m1/s1. The molecule has 116 valence electrons. The minimum atomic E-state index is -1.03. The van der Waals surface area contributed by atoms with E-state index >= 15 is 0 Å². The van der Waals surface area contributed by atoms with Crippen molar-refractivity contribution in [3.8, 4) is 0 Å². The lowest BCUT2D eigenvalue weighted by atomic mass is 10.0. The highest BCUT2D eigenvalue weighted by Crippen LogP contribution is 2.11. The van der Waals surface area contributed by atoms with E-state index in [0.29, 0.717) is 18.7 Å². The van der Waals surface area contributed by atoms with Crippen LogP contribution in [0.3, 0.4) is 0 Å². The molecule has 1 atom stereocenters. The molecular weight excluding hydrogens is 270 g/mol. The number of hydrogen-bond acceptors (Lipinski definition) is 3. The average Bonchev–Trinajstić information content (AvgIpc) is 2.38. The molecule has 0 bridgehead atoms. The minimum Gasteiger partial charge on any atom is -0.480 e. The molecule has 0 saturated heterocycles. The first-order valence-electron chi connectivity index (χ1n) is 6.96. The van der Waals surface area contributed by atoms with Crippen LogP contribution in [0.25, 0.3) is 0 Å². The van der Waals surface area contributed by atoms with Gasteiger partial charge in [0.2, 0.25) is 0 Å². The van der Waals surface area contributed by atoms with Crippen LogP contribution >= 0.6 is 0 Å². The first kappa shape index (κ1) is 17.0. The molecule has 6 nitrogen and oxygen atoms in total. The van der Waals surface area contributed by atoms with Gasteiger partial charge in [0.15, 0.2) is 0 Å². The highest BCUT2D eigenvalue weighted by atomic mass is 16.4. The van der Waals surface area contributed by atoms with Gasteiger partial charge in [0.25, 0.3) is 0 Å². The third-order valence-corrected chi connectivity index (χ3v) is 2.88. The quantitative estimate of drug-likeness (QED) is 0.619. The van der Waals surface area contributed by atoms with E-state index in [9.17, 15) is 9.59 Å². The Morgan fingerprint density at radius 3 is 2.57 bits per heavy atom. The van der Waals surface area contributed by atoms with Gasteiger partial charge in [0, 0.05) is 12.2 Å². The largest absolute Gasteiger partial charge is 0.480 e. The molecule has 6 heteroatoms. The van der Waals surface area contributed by atoms with E-state index in [1.165, 1.54) is 0 Å². The first-order valence-corrected chi connectivity index (χ1v) is 6.96. The van der Waals surface area contributed by atoms with Crippen LogP contribution in [-0.2, 0) is 11.3 Å². The summed E-state index contributed by atoms with van der Waals surface area (Å²) in [5.41, 5.74) is 1.67. The number of carbonyl (C=O) groups excluding carboxylic acids is 1. The molecule has 0 radical (unpaired) electrons. The predicted molar refractivity (Wildman–Crippen MR) is 82.2 cm³/mol. The Bertz CT molecular complexity index is 489. The molecular formula is C15H23N3O3. The van der Waals surface area contributed by atoms with Crippen LogP contribution in [0, 0.1) is 5.92 Å². The fourth-order valence-electron chi connectivity index (χ4n) is 1.98. The second kappa shape index (κ2) is 8.26. The Kier molecular flexibility index (Phi) is 6.68. The molecule has 1 rings (SSSR count). The highest BCUT2D eigenvalue weighted by molar-refractivity contribution is 5.92. The normalized spacial score (nSPS) is 12.0. The van der Waals surface area contributed by atoms with E-state index < -0.39 is 18.0 Å². The molecule has 2 amide bonds. The van der Waals surface area contributed by atoms with Gasteiger partial charge in [0.1, 0.15) is 6.04 Å². The lowest BCUT2D eigenvalue weighted by molar-refractivity contribution is -0.139. The van der Waals surface area contributed by atoms with E-state index in [0.717, 1.165) is 5.56 Å². The van der Waals surface area contributed by atoms with E-state index in [-0.39, 0.29) is 5.92 Å². The first-order chi connectivity index (χ1) is 9.92. The maximum absolute atomic E-state index is 11.9. The Morgan fingerprint density at radius 1 is 1.29 bits per heavy atom. The smallest absolute Gasteiger partial charge is 0.326 e. The Balaban J connectivity index is 2.63. The summed E-state index contributed by atoms with van der Waals surface area (Å²) in [6.45, 7) is 4.52. The van der Waals surface area contributed by atoms with Crippen molar-refractivity contribution >= 4 is 17.7 Å². The maximum atomic E-state index is 11.9. The summed E-state index contributed by atoms with van der Waals surface area (Å²) in [5.74, 6) is -0.840. The van der Waals surface area contributed by atoms with Crippen LogP contribution in [0.5, 0.6) is 0 Å². The third kappa shape index (κ3) is 6.27. The second-order valence-corrected chi connectivity index (χ2v) is 5.35. The number of aliphatic carboxylic acids is 1. The number of anilines is 1. The number of carboxylic acid groups (broad SMARTS) is 1. The number of rotatable bonds is 7. The van der Waals surface area contributed by atoms with Crippen molar-refractivity contribution in [2.75, 3.05) is 12.4 Å². The molecule has 4 N–H and O–H groups in total. The monoisotopic (exact) mass is 293 g/mol. The summed E-state index contributed by atoms with van der Waals surface area (Å²) in [6, 6.07) is 5.99. The lowest BCUT2D eigenvalue weighted by Crippen LogP contribution is -2.43.